The van der Waals surface area contributed by atoms with E-state index in [9.17, 15) is 4.79 Å². The number of aliphatic imine (C=N–C) groups is 1. The van der Waals surface area contributed by atoms with Crippen molar-refractivity contribution < 1.29 is 4.79 Å². The lowest BCUT2D eigenvalue weighted by atomic mass is 10.2. The Hall–Kier alpha value is -1.38. The van der Waals surface area contributed by atoms with E-state index in [0.29, 0.717) is 24.7 Å². The summed E-state index contributed by atoms with van der Waals surface area (Å²) in [6.07, 6.45) is 8.20. The van der Waals surface area contributed by atoms with Gasteiger partial charge in [-0.2, -0.15) is 0 Å². The highest BCUT2D eigenvalue weighted by atomic mass is 127. The van der Waals surface area contributed by atoms with Gasteiger partial charge in [0.15, 0.2) is 5.96 Å². The van der Waals surface area contributed by atoms with Gasteiger partial charge in [-0.15, -0.1) is 24.0 Å². The minimum absolute atomic E-state index is 0. The van der Waals surface area contributed by atoms with Crippen LogP contribution in [-0.4, -0.2) is 43.0 Å². The van der Waals surface area contributed by atoms with Crippen LogP contribution in [0.15, 0.2) is 29.5 Å². The van der Waals surface area contributed by atoms with Crippen LogP contribution < -0.4 is 16.0 Å². The van der Waals surface area contributed by atoms with Crippen LogP contribution in [0.4, 0.5) is 0 Å². The van der Waals surface area contributed by atoms with Crippen molar-refractivity contribution in [3.63, 3.8) is 0 Å². The van der Waals surface area contributed by atoms with Crippen molar-refractivity contribution in [3.05, 3.63) is 30.1 Å². The van der Waals surface area contributed by atoms with Crippen LogP contribution in [0.5, 0.6) is 0 Å². The van der Waals surface area contributed by atoms with Gasteiger partial charge in [-0.1, -0.05) is 12.8 Å². The lowest BCUT2D eigenvalue weighted by Crippen LogP contribution is -2.44. The zero-order valence-corrected chi connectivity index (χ0v) is 15.2. The molecule has 0 unspecified atom stereocenters. The van der Waals surface area contributed by atoms with Crippen LogP contribution in [0.2, 0.25) is 0 Å². The molecule has 1 aliphatic carbocycles. The average Bonchev–Trinajstić information content (AvgIpc) is 3.04. The van der Waals surface area contributed by atoms with E-state index in [-0.39, 0.29) is 29.9 Å². The van der Waals surface area contributed by atoms with Crippen LogP contribution in [0.3, 0.4) is 0 Å². The van der Waals surface area contributed by atoms with Gasteiger partial charge < -0.3 is 16.0 Å². The zero-order valence-electron chi connectivity index (χ0n) is 12.8. The molecule has 0 bridgehead atoms. The number of nitrogens with one attached hydrogen (secondary N) is 3. The SMILES string of the molecule is CN=C(NCCNC(=O)c1cccnc1)NC1CCCC1.I. The van der Waals surface area contributed by atoms with Crippen molar-refractivity contribution >= 4 is 35.8 Å². The van der Waals surface area contributed by atoms with E-state index in [1.165, 1.54) is 25.7 Å². The number of carbonyl (C=O) groups is 1. The summed E-state index contributed by atoms with van der Waals surface area (Å²) in [4.78, 5) is 19.9. The summed E-state index contributed by atoms with van der Waals surface area (Å²) < 4.78 is 0. The number of aromatic nitrogens is 1. The standard InChI is InChI=1S/C15H23N5O.HI/c1-16-15(20-13-6-2-3-7-13)19-10-9-18-14(21)12-5-4-8-17-11-12;/h4-5,8,11,13H,2-3,6-7,9-10H2,1H3,(H,18,21)(H2,16,19,20);1H. The second-order valence-electron chi connectivity index (χ2n) is 5.12. The summed E-state index contributed by atoms with van der Waals surface area (Å²) in [6.45, 7) is 1.18. The number of guanidine groups is 1. The number of hydrogen-bond acceptors (Lipinski definition) is 3. The van der Waals surface area contributed by atoms with E-state index in [1.807, 2.05) is 0 Å². The Balaban J connectivity index is 0.00000242. The maximum Gasteiger partial charge on any atom is 0.252 e. The fourth-order valence-corrected chi connectivity index (χ4v) is 2.41. The second-order valence-corrected chi connectivity index (χ2v) is 5.12. The minimum Gasteiger partial charge on any atom is -0.355 e. The van der Waals surface area contributed by atoms with Crippen LogP contribution in [-0.2, 0) is 0 Å². The van der Waals surface area contributed by atoms with Gasteiger partial charge in [0, 0.05) is 38.6 Å². The Morgan fingerprint density at radius 2 is 2.05 bits per heavy atom. The topological polar surface area (TPSA) is 78.4 Å². The Morgan fingerprint density at radius 1 is 1.32 bits per heavy atom. The van der Waals surface area contributed by atoms with Crippen LogP contribution in [0.1, 0.15) is 36.0 Å². The molecule has 1 aromatic rings. The summed E-state index contributed by atoms with van der Waals surface area (Å²) in [5, 5.41) is 9.46. The van der Waals surface area contributed by atoms with Crippen molar-refractivity contribution in [3.8, 4) is 0 Å². The van der Waals surface area contributed by atoms with Crippen molar-refractivity contribution in [2.45, 2.75) is 31.7 Å². The Morgan fingerprint density at radius 3 is 2.68 bits per heavy atom. The number of carbonyl (C=O) groups excluding carboxylic acids is 1. The normalized spacial score (nSPS) is 15.0. The molecule has 1 saturated carbocycles. The molecule has 7 heteroatoms. The van der Waals surface area contributed by atoms with E-state index < -0.39 is 0 Å². The number of amides is 1. The monoisotopic (exact) mass is 417 g/mol. The maximum absolute atomic E-state index is 11.8. The average molecular weight is 417 g/mol. The molecule has 2 rings (SSSR count). The molecule has 122 valence electrons. The highest BCUT2D eigenvalue weighted by Gasteiger charge is 2.15. The highest BCUT2D eigenvalue weighted by Crippen LogP contribution is 2.17. The Kier molecular flexibility index (Phi) is 8.79. The Labute approximate surface area is 148 Å². The van der Waals surface area contributed by atoms with Gasteiger partial charge in [-0.25, -0.2) is 0 Å². The summed E-state index contributed by atoms with van der Waals surface area (Å²) in [7, 11) is 1.76. The molecule has 6 nitrogen and oxygen atoms in total. The predicted molar refractivity (Wildman–Crippen MR) is 98.7 cm³/mol. The number of halogens is 1. The summed E-state index contributed by atoms with van der Waals surface area (Å²) in [5.74, 6) is 0.696. The molecule has 0 saturated heterocycles. The first-order valence-corrected chi connectivity index (χ1v) is 7.45. The lowest BCUT2D eigenvalue weighted by Gasteiger charge is -2.16. The maximum atomic E-state index is 11.8. The van der Waals surface area contributed by atoms with E-state index in [1.54, 1.807) is 31.6 Å². The quantitative estimate of drug-likeness (QED) is 0.294. The number of rotatable bonds is 5. The molecule has 1 aliphatic rings. The molecule has 0 atom stereocenters. The van der Waals surface area contributed by atoms with Gasteiger partial charge in [-0.3, -0.25) is 14.8 Å². The molecule has 3 N–H and O–H groups in total. The van der Waals surface area contributed by atoms with Gasteiger partial charge in [0.25, 0.3) is 5.91 Å². The fraction of sp³-hybridized carbons (Fsp3) is 0.533. The van der Waals surface area contributed by atoms with Gasteiger partial charge in [0.2, 0.25) is 0 Å². The second kappa shape index (κ2) is 10.4. The lowest BCUT2D eigenvalue weighted by molar-refractivity contribution is 0.0954. The molecule has 1 aromatic heterocycles. The third kappa shape index (κ3) is 6.17. The highest BCUT2D eigenvalue weighted by molar-refractivity contribution is 14.0. The Bertz CT molecular complexity index is 474. The van der Waals surface area contributed by atoms with E-state index >= 15 is 0 Å². The molecular weight excluding hydrogens is 393 g/mol. The van der Waals surface area contributed by atoms with Gasteiger partial charge >= 0.3 is 0 Å². The summed E-state index contributed by atoms with van der Waals surface area (Å²) >= 11 is 0. The molecule has 0 aromatic carbocycles. The van der Waals surface area contributed by atoms with Crippen LogP contribution in [0.25, 0.3) is 0 Å². The van der Waals surface area contributed by atoms with Crippen molar-refractivity contribution in [1.29, 1.82) is 0 Å². The first-order valence-electron chi connectivity index (χ1n) is 7.45. The molecule has 0 aliphatic heterocycles. The molecule has 1 heterocycles. The van der Waals surface area contributed by atoms with Crippen molar-refractivity contribution in [1.82, 2.24) is 20.9 Å². The van der Waals surface area contributed by atoms with E-state index in [2.05, 4.69) is 25.9 Å². The zero-order chi connectivity index (χ0) is 14.9. The predicted octanol–water partition coefficient (Wildman–Crippen LogP) is 1.54. The van der Waals surface area contributed by atoms with Gasteiger partial charge in [0.05, 0.1) is 5.56 Å². The molecule has 1 fully saturated rings. The van der Waals surface area contributed by atoms with Crippen molar-refractivity contribution in [2.75, 3.05) is 20.1 Å². The summed E-state index contributed by atoms with van der Waals surface area (Å²) in [5.41, 5.74) is 0.575. The molecule has 0 spiro atoms. The number of pyridine rings is 1. The number of nitrogens with zero attached hydrogens (tertiary/aromatic N) is 2. The van der Waals surface area contributed by atoms with Gasteiger partial charge in [-0.05, 0) is 25.0 Å². The fourth-order valence-electron chi connectivity index (χ4n) is 2.41. The largest absolute Gasteiger partial charge is 0.355 e. The molecule has 22 heavy (non-hydrogen) atoms. The van der Waals surface area contributed by atoms with Crippen molar-refractivity contribution in [2.24, 2.45) is 4.99 Å². The van der Waals surface area contributed by atoms with Crippen LogP contribution >= 0.6 is 24.0 Å². The third-order valence-corrected chi connectivity index (χ3v) is 3.55. The molecule has 1 amide bonds. The van der Waals surface area contributed by atoms with Crippen LogP contribution in [0, 0.1) is 0 Å². The third-order valence-electron chi connectivity index (χ3n) is 3.55. The smallest absolute Gasteiger partial charge is 0.252 e. The van der Waals surface area contributed by atoms with Gasteiger partial charge in [0.1, 0.15) is 0 Å². The first kappa shape index (κ1) is 18.7. The van der Waals surface area contributed by atoms with E-state index in [4.69, 9.17) is 0 Å². The molecule has 0 radical (unpaired) electrons. The summed E-state index contributed by atoms with van der Waals surface area (Å²) in [6, 6.07) is 4.03. The van der Waals surface area contributed by atoms with E-state index in [0.717, 1.165) is 5.96 Å². The minimum atomic E-state index is -0.108. The number of hydrogen-bond donors (Lipinski definition) is 3. The first-order chi connectivity index (χ1) is 10.3. The molecular formula is C15H24IN5O.